The largest absolute Gasteiger partial charge is 0.478 e. The fraction of sp³-hybridized carbons (Fsp3) is 0.750. The molecule has 0 bridgehead atoms. The fourth-order valence-electron chi connectivity index (χ4n) is 2.63. The van der Waals surface area contributed by atoms with Crippen LogP contribution in [-0.4, -0.2) is 11.1 Å². The van der Waals surface area contributed by atoms with Crippen molar-refractivity contribution in [1.82, 2.24) is 0 Å². The third kappa shape index (κ3) is 2.60. The van der Waals surface area contributed by atoms with Crippen LogP contribution in [0.3, 0.4) is 0 Å². The highest BCUT2D eigenvalue weighted by molar-refractivity contribution is 5.79. The molecule has 1 N–H and O–H groups in total. The van der Waals surface area contributed by atoms with Crippen LogP contribution in [0.25, 0.3) is 0 Å². The molecular formula is C12H20O2. The lowest BCUT2D eigenvalue weighted by Gasteiger charge is -2.41. The van der Waals surface area contributed by atoms with Crippen LogP contribution in [-0.2, 0) is 4.79 Å². The first-order valence-electron chi connectivity index (χ1n) is 5.34. The number of allylic oxidation sites excluding steroid dienone is 1. The summed E-state index contributed by atoms with van der Waals surface area (Å²) >= 11 is 0. The lowest BCUT2D eigenvalue weighted by Crippen LogP contribution is -2.32. The Morgan fingerprint density at radius 1 is 1.50 bits per heavy atom. The second-order valence-electron chi connectivity index (χ2n) is 5.08. The van der Waals surface area contributed by atoms with E-state index in [4.69, 9.17) is 5.11 Å². The van der Waals surface area contributed by atoms with Gasteiger partial charge in [-0.1, -0.05) is 39.7 Å². The van der Waals surface area contributed by atoms with E-state index in [0.29, 0.717) is 11.8 Å². The van der Waals surface area contributed by atoms with Crippen LogP contribution in [0.4, 0.5) is 0 Å². The molecule has 1 fully saturated rings. The molecule has 0 amide bonds. The Kier molecular flexibility index (Phi) is 3.35. The Bertz CT molecular complexity index is 241. The summed E-state index contributed by atoms with van der Waals surface area (Å²) in [6.07, 6.45) is 6.87. The zero-order valence-corrected chi connectivity index (χ0v) is 9.29. The molecule has 0 aliphatic heterocycles. The fourth-order valence-corrected chi connectivity index (χ4v) is 2.63. The highest BCUT2D eigenvalue weighted by atomic mass is 16.4. The zero-order valence-electron chi connectivity index (χ0n) is 9.29. The lowest BCUT2D eigenvalue weighted by atomic mass is 9.64. The summed E-state index contributed by atoms with van der Waals surface area (Å²) in [5.74, 6) is 0.181. The van der Waals surface area contributed by atoms with Crippen molar-refractivity contribution in [3.05, 3.63) is 12.2 Å². The van der Waals surface area contributed by atoms with Crippen molar-refractivity contribution in [2.75, 3.05) is 0 Å². The van der Waals surface area contributed by atoms with Crippen LogP contribution in [0, 0.1) is 17.3 Å². The molecule has 0 heterocycles. The van der Waals surface area contributed by atoms with Gasteiger partial charge in [-0.25, -0.2) is 4.79 Å². The normalized spacial score (nSPS) is 31.9. The van der Waals surface area contributed by atoms with Gasteiger partial charge in [0.15, 0.2) is 0 Å². The maximum Gasteiger partial charge on any atom is 0.327 e. The second kappa shape index (κ2) is 4.16. The van der Waals surface area contributed by atoms with E-state index in [9.17, 15) is 4.79 Å². The van der Waals surface area contributed by atoms with Crippen LogP contribution in [0.1, 0.15) is 40.0 Å². The van der Waals surface area contributed by atoms with Gasteiger partial charge < -0.3 is 5.11 Å². The molecule has 2 atom stereocenters. The van der Waals surface area contributed by atoms with Crippen LogP contribution >= 0.6 is 0 Å². The van der Waals surface area contributed by atoms with Crippen molar-refractivity contribution in [1.29, 1.82) is 0 Å². The molecule has 0 unspecified atom stereocenters. The van der Waals surface area contributed by atoms with E-state index in [1.807, 2.05) is 6.08 Å². The van der Waals surface area contributed by atoms with Gasteiger partial charge >= 0.3 is 5.97 Å². The predicted octanol–water partition coefficient (Wildman–Crippen LogP) is 3.09. The highest BCUT2D eigenvalue weighted by Crippen LogP contribution is 2.44. The number of carboxylic acids is 1. The van der Waals surface area contributed by atoms with Gasteiger partial charge in [-0.3, -0.25) is 0 Å². The average Bonchev–Trinajstić information content (AvgIpc) is 2.01. The Morgan fingerprint density at radius 3 is 2.64 bits per heavy atom. The van der Waals surface area contributed by atoms with Crippen LogP contribution < -0.4 is 0 Å². The molecule has 1 aliphatic carbocycles. The molecule has 2 nitrogen and oxygen atoms in total. The SMILES string of the molecule is C[C@@H]1CCCC(C)(C)[C@H]1/C=C/C(=O)O. The molecule has 0 aromatic rings. The van der Waals surface area contributed by atoms with Crippen molar-refractivity contribution in [2.45, 2.75) is 40.0 Å². The minimum absolute atomic E-state index is 0.254. The van der Waals surface area contributed by atoms with Gasteiger partial charge in [0.05, 0.1) is 0 Å². The van der Waals surface area contributed by atoms with Crippen molar-refractivity contribution >= 4 is 5.97 Å². The molecule has 0 radical (unpaired) electrons. The van der Waals surface area contributed by atoms with Crippen molar-refractivity contribution in [3.8, 4) is 0 Å². The molecule has 0 saturated heterocycles. The minimum atomic E-state index is -0.835. The van der Waals surface area contributed by atoms with Gasteiger partial charge in [0.25, 0.3) is 0 Å². The summed E-state index contributed by atoms with van der Waals surface area (Å²) in [6, 6.07) is 0. The minimum Gasteiger partial charge on any atom is -0.478 e. The third-order valence-electron chi connectivity index (χ3n) is 3.44. The molecule has 0 aromatic heterocycles. The Labute approximate surface area is 86.0 Å². The van der Waals surface area contributed by atoms with Crippen LogP contribution in [0.5, 0.6) is 0 Å². The molecule has 0 spiro atoms. The van der Waals surface area contributed by atoms with Crippen molar-refractivity contribution in [3.63, 3.8) is 0 Å². The van der Waals surface area contributed by atoms with Crippen molar-refractivity contribution < 1.29 is 9.90 Å². The molecular weight excluding hydrogens is 176 g/mol. The molecule has 1 saturated carbocycles. The summed E-state index contributed by atoms with van der Waals surface area (Å²) in [6.45, 7) is 6.69. The summed E-state index contributed by atoms with van der Waals surface area (Å²) in [4.78, 5) is 10.5. The molecule has 2 heteroatoms. The molecule has 1 rings (SSSR count). The Hall–Kier alpha value is -0.790. The number of rotatable bonds is 2. The van der Waals surface area contributed by atoms with Gasteiger partial charge in [-0.05, 0) is 23.7 Å². The van der Waals surface area contributed by atoms with Crippen LogP contribution in [0.2, 0.25) is 0 Å². The van der Waals surface area contributed by atoms with E-state index in [1.54, 1.807) is 0 Å². The van der Waals surface area contributed by atoms with Gasteiger partial charge in [0.2, 0.25) is 0 Å². The van der Waals surface area contributed by atoms with Crippen LogP contribution in [0.15, 0.2) is 12.2 Å². The maximum absolute atomic E-state index is 10.5. The molecule has 14 heavy (non-hydrogen) atoms. The van der Waals surface area contributed by atoms with Gasteiger partial charge in [-0.15, -0.1) is 0 Å². The molecule has 80 valence electrons. The number of hydrogen-bond acceptors (Lipinski definition) is 1. The maximum atomic E-state index is 10.5. The van der Waals surface area contributed by atoms with Gasteiger partial charge in [0, 0.05) is 6.08 Å². The second-order valence-corrected chi connectivity index (χ2v) is 5.08. The van der Waals surface area contributed by atoms with E-state index in [-0.39, 0.29) is 5.41 Å². The number of carboxylic acid groups (broad SMARTS) is 1. The third-order valence-corrected chi connectivity index (χ3v) is 3.44. The number of carbonyl (C=O) groups is 1. The Morgan fingerprint density at radius 2 is 2.14 bits per heavy atom. The first-order chi connectivity index (χ1) is 6.43. The summed E-state index contributed by atoms with van der Waals surface area (Å²) in [5.41, 5.74) is 0.254. The van der Waals surface area contributed by atoms with E-state index in [0.717, 1.165) is 0 Å². The monoisotopic (exact) mass is 196 g/mol. The number of hydrogen-bond donors (Lipinski definition) is 1. The smallest absolute Gasteiger partial charge is 0.327 e. The quantitative estimate of drug-likeness (QED) is 0.689. The first kappa shape index (κ1) is 11.3. The van der Waals surface area contributed by atoms with E-state index in [1.165, 1.54) is 25.3 Å². The zero-order chi connectivity index (χ0) is 10.8. The van der Waals surface area contributed by atoms with Gasteiger partial charge in [-0.2, -0.15) is 0 Å². The standard InChI is InChI=1S/C12H20O2/c1-9-5-4-8-12(2,3)10(9)6-7-11(13)14/h6-7,9-10H,4-5,8H2,1-3H3,(H,13,14)/b7-6+/t9-,10+/m1/s1. The summed E-state index contributed by atoms with van der Waals surface area (Å²) < 4.78 is 0. The predicted molar refractivity (Wildman–Crippen MR) is 57.1 cm³/mol. The van der Waals surface area contributed by atoms with Crippen molar-refractivity contribution in [2.24, 2.45) is 17.3 Å². The van der Waals surface area contributed by atoms with E-state index >= 15 is 0 Å². The van der Waals surface area contributed by atoms with Gasteiger partial charge in [0.1, 0.15) is 0 Å². The van der Waals surface area contributed by atoms with E-state index < -0.39 is 5.97 Å². The highest BCUT2D eigenvalue weighted by Gasteiger charge is 2.34. The summed E-state index contributed by atoms with van der Waals surface area (Å²) in [7, 11) is 0. The molecule has 0 aromatic carbocycles. The molecule has 1 aliphatic rings. The summed E-state index contributed by atoms with van der Waals surface area (Å²) in [5, 5.41) is 8.61. The first-order valence-corrected chi connectivity index (χ1v) is 5.34. The number of aliphatic carboxylic acids is 1. The Balaban J connectivity index is 2.75. The average molecular weight is 196 g/mol. The van der Waals surface area contributed by atoms with E-state index in [2.05, 4.69) is 20.8 Å². The topological polar surface area (TPSA) is 37.3 Å². The lowest BCUT2D eigenvalue weighted by molar-refractivity contribution is -0.131.